The van der Waals surface area contributed by atoms with Crippen molar-refractivity contribution in [3.8, 4) is 0 Å². The molecule has 0 aliphatic heterocycles. The third-order valence-electron chi connectivity index (χ3n) is 4.75. The van der Waals surface area contributed by atoms with Crippen LogP contribution in [0.4, 0.5) is 5.13 Å². The predicted octanol–water partition coefficient (Wildman–Crippen LogP) is 4.68. The Morgan fingerprint density at radius 1 is 1.17 bits per heavy atom. The smallest absolute Gasteiger partial charge is 0.277 e. The summed E-state index contributed by atoms with van der Waals surface area (Å²) >= 11 is 1.54. The van der Waals surface area contributed by atoms with Crippen molar-refractivity contribution in [3.63, 3.8) is 0 Å². The number of thiazole rings is 1. The number of hydrogen-bond donors (Lipinski definition) is 0. The number of anilines is 1. The number of amides is 1. The van der Waals surface area contributed by atoms with Crippen LogP contribution in [-0.2, 0) is 13.1 Å². The van der Waals surface area contributed by atoms with Gasteiger partial charge >= 0.3 is 0 Å². The second kappa shape index (κ2) is 7.75. The Bertz CT molecular complexity index is 1180. The fourth-order valence-electron chi connectivity index (χ4n) is 3.46. The van der Waals surface area contributed by atoms with E-state index in [4.69, 9.17) is 4.98 Å². The van der Waals surface area contributed by atoms with Crippen LogP contribution in [0.3, 0.4) is 0 Å². The molecule has 6 nitrogen and oxygen atoms in total. The van der Waals surface area contributed by atoms with Gasteiger partial charge in [-0.2, -0.15) is 5.10 Å². The molecule has 0 atom stereocenters. The summed E-state index contributed by atoms with van der Waals surface area (Å²) in [4.78, 5) is 24.5. The van der Waals surface area contributed by atoms with Gasteiger partial charge < -0.3 is 0 Å². The van der Waals surface area contributed by atoms with Crippen molar-refractivity contribution < 1.29 is 4.79 Å². The summed E-state index contributed by atoms with van der Waals surface area (Å²) in [5.41, 5.74) is 5.45. The maximum absolute atomic E-state index is 13.6. The molecule has 0 fully saturated rings. The van der Waals surface area contributed by atoms with Crippen LogP contribution in [0, 0.1) is 20.8 Å². The minimum Gasteiger partial charge on any atom is -0.277 e. The van der Waals surface area contributed by atoms with E-state index < -0.39 is 0 Å². The number of rotatable bonds is 5. The maximum atomic E-state index is 13.6. The zero-order valence-electron chi connectivity index (χ0n) is 17.0. The van der Waals surface area contributed by atoms with Crippen molar-refractivity contribution in [2.75, 3.05) is 4.90 Å². The molecule has 0 saturated heterocycles. The molecule has 0 N–H and O–H groups in total. The summed E-state index contributed by atoms with van der Waals surface area (Å²) in [5, 5.41) is 5.11. The standard InChI is InChI=1S/C22H23N5OS/c1-5-27-19(12-16(4)25-27)21(28)26(13-17-8-6-7-9-23-17)22-24-18-11-14(2)10-15(3)20(18)29-22/h6-12H,5,13H2,1-4H3. The number of fused-ring (bicyclic) bond motifs is 1. The normalized spacial score (nSPS) is 11.2. The van der Waals surface area contributed by atoms with Gasteiger partial charge in [0.05, 0.1) is 28.1 Å². The van der Waals surface area contributed by atoms with Crippen molar-refractivity contribution in [1.82, 2.24) is 19.7 Å². The molecule has 0 aliphatic rings. The van der Waals surface area contributed by atoms with Crippen LogP contribution in [0.15, 0.2) is 42.6 Å². The van der Waals surface area contributed by atoms with Gasteiger partial charge in [0.2, 0.25) is 0 Å². The van der Waals surface area contributed by atoms with Crippen molar-refractivity contribution in [2.24, 2.45) is 0 Å². The highest BCUT2D eigenvalue weighted by atomic mass is 32.1. The average Bonchev–Trinajstić information content (AvgIpc) is 3.29. The zero-order valence-corrected chi connectivity index (χ0v) is 17.8. The van der Waals surface area contributed by atoms with Crippen LogP contribution < -0.4 is 4.90 Å². The Labute approximate surface area is 173 Å². The first-order valence-corrected chi connectivity index (χ1v) is 10.4. The summed E-state index contributed by atoms with van der Waals surface area (Å²) in [7, 11) is 0. The van der Waals surface area contributed by atoms with Crippen LogP contribution in [0.5, 0.6) is 0 Å². The molecule has 148 valence electrons. The Hall–Kier alpha value is -3.06. The van der Waals surface area contributed by atoms with Crippen LogP contribution in [0.1, 0.15) is 39.9 Å². The SMILES string of the molecule is CCn1nc(C)cc1C(=O)N(Cc1ccccn1)c1nc2cc(C)cc(C)c2s1. The largest absolute Gasteiger partial charge is 0.278 e. The van der Waals surface area contributed by atoms with Gasteiger partial charge in [-0.1, -0.05) is 23.5 Å². The number of pyridine rings is 1. The molecule has 0 bridgehead atoms. The van der Waals surface area contributed by atoms with Gasteiger partial charge in [-0.25, -0.2) is 4.98 Å². The lowest BCUT2D eigenvalue weighted by atomic mass is 10.1. The first-order chi connectivity index (χ1) is 14.0. The maximum Gasteiger partial charge on any atom is 0.278 e. The monoisotopic (exact) mass is 405 g/mol. The molecule has 1 aromatic carbocycles. The van der Waals surface area contributed by atoms with Crippen LogP contribution in [-0.4, -0.2) is 25.7 Å². The van der Waals surface area contributed by atoms with Crippen LogP contribution in [0.2, 0.25) is 0 Å². The minimum absolute atomic E-state index is 0.119. The van der Waals surface area contributed by atoms with Gasteiger partial charge in [-0.3, -0.25) is 19.4 Å². The van der Waals surface area contributed by atoms with Crippen molar-refractivity contribution in [2.45, 2.75) is 40.8 Å². The lowest BCUT2D eigenvalue weighted by molar-refractivity contribution is 0.0974. The fraction of sp³-hybridized carbons (Fsp3) is 0.273. The summed E-state index contributed by atoms with van der Waals surface area (Å²) < 4.78 is 2.84. The van der Waals surface area contributed by atoms with E-state index in [9.17, 15) is 4.79 Å². The Morgan fingerprint density at radius 3 is 2.72 bits per heavy atom. The van der Waals surface area contributed by atoms with Gasteiger partial charge in [-0.15, -0.1) is 0 Å². The highest BCUT2D eigenvalue weighted by molar-refractivity contribution is 7.22. The van der Waals surface area contributed by atoms with Crippen LogP contribution in [0.25, 0.3) is 10.2 Å². The van der Waals surface area contributed by atoms with Crippen molar-refractivity contribution in [3.05, 3.63) is 70.8 Å². The van der Waals surface area contributed by atoms with Crippen molar-refractivity contribution in [1.29, 1.82) is 0 Å². The molecule has 4 aromatic rings. The number of aromatic nitrogens is 4. The quantitative estimate of drug-likeness (QED) is 0.484. The molecule has 0 spiro atoms. The predicted molar refractivity (Wildman–Crippen MR) is 116 cm³/mol. The Balaban J connectivity index is 1.82. The van der Waals surface area contributed by atoms with E-state index >= 15 is 0 Å². The first-order valence-electron chi connectivity index (χ1n) is 9.60. The molecular formula is C22H23N5OS. The van der Waals surface area contributed by atoms with E-state index in [0.717, 1.165) is 27.2 Å². The molecule has 0 unspecified atom stereocenters. The summed E-state index contributed by atoms with van der Waals surface area (Å²) in [6.07, 6.45) is 1.74. The first kappa shape index (κ1) is 19.3. The number of nitrogens with zero attached hydrogens (tertiary/aromatic N) is 5. The van der Waals surface area contributed by atoms with Gasteiger partial charge in [0.25, 0.3) is 5.91 Å². The number of hydrogen-bond acceptors (Lipinski definition) is 5. The second-order valence-electron chi connectivity index (χ2n) is 7.13. The molecule has 7 heteroatoms. The highest BCUT2D eigenvalue weighted by Gasteiger charge is 2.25. The summed E-state index contributed by atoms with van der Waals surface area (Å²) in [5.74, 6) is -0.119. The third kappa shape index (κ3) is 3.78. The summed E-state index contributed by atoms with van der Waals surface area (Å²) in [6.45, 7) is 9.00. The van der Waals surface area contributed by atoms with Gasteiger partial charge in [0.15, 0.2) is 5.13 Å². The van der Waals surface area contributed by atoms with Crippen LogP contribution >= 0.6 is 11.3 Å². The molecule has 1 amide bonds. The van der Waals surface area contributed by atoms with E-state index in [2.05, 4.69) is 36.1 Å². The Morgan fingerprint density at radius 2 is 2.00 bits per heavy atom. The second-order valence-corrected chi connectivity index (χ2v) is 8.10. The molecule has 0 saturated carbocycles. The molecule has 0 aliphatic carbocycles. The lowest BCUT2D eigenvalue weighted by Crippen LogP contribution is -2.32. The highest BCUT2D eigenvalue weighted by Crippen LogP contribution is 2.33. The molecular weight excluding hydrogens is 382 g/mol. The molecule has 4 rings (SSSR count). The van der Waals surface area contributed by atoms with Gasteiger partial charge in [-0.05, 0) is 63.1 Å². The zero-order chi connectivity index (χ0) is 20.5. The van der Waals surface area contributed by atoms with Crippen molar-refractivity contribution >= 4 is 32.6 Å². The average molecular weight is 406 g/mol. The topological polar surface area (TPSA) is 63.9 Å². The molecule has 3 aromatic heterocycles. The number of aryl methyl sites for hydroxylation is 4. The van der Waals surface area contributed by atoms with E-state index in [1.165, 1.54) is 16.9 Å². The van der Waals surface area contributed by atoms with E-state index in [-0.39, 0.29) is 5.91 Å². The van der Waals surface area contributed by atoms with Gasteiger partial charge in [0.1, 0.15) is 5.69 Å². The molecule has 3 heterocycles. The lowest BCUT2D eigenvalue weighted by Gasteiger charge is -2.19. The number of carbonyl (C=O) groups is 1. The van der Waals surface area contributed by atoms with E-state index in [0.29, 0.717) is 23.9 Å². The molecule has 0 radical (unpaired) electrons. The number of carbonyl (C=O) groups excluding carboxylic acids is 1. The minimum atomic E-state index is -0.119. The molecule has 29 heavy (non-hydrogen) atoms. The van der Waals surface area contributed by atoms with Gasteiger partial charge in [0, 0.05) is 12.7 Å². The number of benzene rings is 1. The third-order valence-corrected chi connectivity index (χ3v) is 5.98. The van der Waals surface area contributed by atoms with E-state index in [1.807, 2.05) is 38.1 Å². The fourth-order valence-corrected chi connectivity index (χ4v) is 4.47. The Kier molecular flexibility index (Phi) is 5.15. The summed E-state index contributed by atoms with van der Waals surface area (Å²) in [6, 6.07) is 11.8. The van der Waals surface area contributed by atoms with E-state index in [1.54, 1.807) is 15.8 Å².